The third kappa shape index (κ3) is 2.33. The molecule has 76 valence electrons. The number of phenols is 1. The molecule has 0 aromatic heterocycles. The Kier molecular flexibility index (Phi) is 3.52. The zero-order valence-corrected chi connectivity index (χ0v) is 9.96. The fourth-order valence-corrected chi connectivity index (χ4v) is 4.49. The summed E-state index contributed by atoms with van der Waals surface area (Å²) in [7, 11) is 0. The summed E-state index contributed by atoms with van der Waals surface area (Å²) in [6, 6.07) is 5.26. The zero-order valence-electron chi connectivity index (χ0n) is 7.57. The number of hydrogen-bond donors (Lipinski definition) is 1. The minimum atomic E-state index is 0.349. The van der Waals surface area contributed by atoms with Crippen LogP contribution in [0, 0.1) is 0 Å². The van der Waals surface area contributed by atoms with Crippen molar-refractivity contribution in [1.29, 1.82) is 0 Å². The second-order valence-electron chi connectivity index (χ2n) is 3.13. The maximum absolute atomic E-state index is 9.70. The van der Waals surface area contributed by atoms with E-state index in [1.54, 1.807) is 12.1 Å². The molecule has 0 radical (unpaired) electrons. The molecule has 1 N–H and O–H groups in total. The van der Waals surface area contributed by atoms with Crippen molar-refractivity contribution < 1.29 is 5.11 Å². The highest BCUT2D eigenvalue weighted by atomic mass is 35.5. The first-order valence-electron chi connectivity index (χ1n) is 4.49. The van der Waals surface area contributed by atoms with Gasteiger partial charge < -0.3 is 5.11 Å². The molecular weight excluding hydrogens is 236 g/mol. The van der Waals surface area contributed by atoms with Gasteiger partial charge in [-0.3, -0.25) is 0 Å². The molecule has 1 aromatic carbocycles. The van der Waals surface area contributed by atoms with Crippen molar-refractivity contribution in [2.24, 2.45) is 0 Å². The van der Waals surface area contributed by atoms with Crippen molar-refractivity contribution >= 4 is 35.1 Å². The molecule has 1 heterocycles. The van der Waals surface area contributed by atoms with E-state index in [0.29, 0.717) is 15.4 Å². The van der Waals surface area contributed by atoms with Crippen LogP contribution in [0.3, 0.4) is 0 Å². The first kappa shape index (κ1) is 10.5. The molecule has 0 bridgehead atoms. The second kappa shape index (κ2) is 4.69. The van der Waals surface area contributed by atoms with Gasteiger partial charge in [-0.25, -0.2) is 0 Å². The van der Waals surface area contributed by atoms with Crippen LogP contribution in [0.1, 0.15) is 16.6 Å². The molecule has 1 nitrogen and oxygen atoms in total. The smallest absolute Gasteiger partial charge is 0.120 e. The Labute approximate surface area is 97.2 Å². The molecule has 0 atom stereocenters. The molecule has 1 aliphatic rings. The molecule has 1 fully saturated rings. The Hall–Kier alpha value is 0.01000. The SMILES string of the molecule is Oc1ccc(Cl)cc1C1SCCCS1. The van der Waals surface area contributed by atoms with Crippen LogP contribution < -0.4 is 0 Å². The Morgan fingerprint density at radius 2 is 2.00 bits per heavy atom. The Balaban J connectivity index is 2.24. The van der Waals surface area contributed by atoms with E-state index >= 15 is 0 Å². The molecule has 4 heteroatoms. The predicted octanol–water partition coefficient (Wildman–Crippen LogP) is 3.91. The standard InChI is InChI=1S/C10H11ClOS2/c11-7-2-3-9(12)8(6-7)10-13-4-1-5-14-10/h2-3,6,10,12H,1,4-5H2. The third-order valence-corrected chi connectivity index (χ3v) is 5.28. The van der Waals surface area contributed by atoms with E-state index in [0.717, 1.165) is 5.56 Å². The lowest BCUT2D eigenvalue weighted by molar-refractivity contribution is 0.470. The van der Waals surface area contributed by atoms with E-state index in [4.69, 9.17) is 11.6 Å². The summed E-state index contributed by atoms with van der Waals surface area (Å²) < 4.78 is 0.349. The average molecular weight is 247 g/mol. The van der Waals surface area contributed by atoms with Crippen LogP contribution in [0.25, 0.3) is 0 Å². The summed E-state index contributed by atoms with van der Waals surface area (Å²) in [4.78, 5) is 0. The van der Waals surface area contributed by atoms with Crippen molar-refractivity contribution in [1.82, 2.24) is 0 Å². The van der Waals surface area contributed by atoms with Gasteiger partial charge in [0.15, 0.2) is 0 Å². The molecule has 0 saturated carbocycles. The summed E-state index contributed by atoms with van der Waals surface area (Å²) in [5.41, 5.74) is 0.965. The van der Waals surface area contributed by atoms with Crippen LogP contribution in [-0.2, 0) is 0 Å². The van der Waals surface area contributed by atoms with Gasteiger partial charge in [0, 0.05) is 10.6 Å². The fourth-order valence-electron chi connectivity index (χ4n) is 1.38. The van der Waals surface area contributed by atoms with Crippen LogP contribution in [0.5, 0.6) is 5.75 Å². The Morgan fingerprint density at radius 3 is 2.71 bits per heavy atom. The molecule has 0 amide bonds. The van der Waals surface area contributed by atoms with Gasteiger partial charge in [-0.2, -0.15) is 0 Å². The van der Waals surface area contributed by atoms with E-state index in [1.807, 2.05) is 29.6 Å². The summed E-state index contributed by atoms with van der Waals surface area (Å²) in [6.45, 7) is 0. The van der Waals surface area contributed by atoms with Gasteiger partial charge in [0.2, 0.25) is 0 Å². The summed E-state index contributed by atoms with van der Waals surface area (Å²) >= 11 is 9.67. The quantitative estimate of drug-likeness (QED) is 0.811. The van der Waals surface area contributed by atoms with Crippen LogP contribution in [0.4, 0.5) is 0 Å². The van der Waals surface area contributed by atoms with Crippen LogP contribution in [-0.4, -0.2) is 16.6 Å². The minimum absolute atomic E-state index is 0.349. The van der Waals surface area contributed by atoms with Crippen molar-refractivity contribution in [2.75, 3.05) is 11.5 Å². The first-order valence-corrected chi connectivity index (χ1v) is 6.96. The number of benzene rings is 1. The van der Waals surface area contributed by atoms with Gasteiger partial charge in [-0.05, 0) is 36.1 Å². The normalized spacial score (nSPS) is 18.4. The fraction of sp³-hybridized carbons (Fsp3) is 0.400. The number of phenolic OH excluding ortho intramolecular Hbond substituents is 1. The minimum Gasteiger partial charge on any atom is -0.508 e. The van der Waals surface area contributed by atoms with E-state index in [9.17, 15) is 5.11 Å². The van der Waals surface area contributed by atoms with Crippen LogP contribution in [0.15, 0.2) is 18.2 Å². The number of hydrogen-bond acceptors (Lipinski definition) is 3. The molecule has 0 aliphatic carbocycles. The molecule has 2 rings (SSSR count). The molecule has 14 heavy (non-hydrogen) atoms. The highest BCUT2D eigenvalue weighted by Gasteiger charge is 2.19. The third-order valence-electron chi connectivity index (χ3n) is 2.07. The summed E-state index contributed by atoms with van der Waals surface area (Å²) in [5, 5.41) is 10.4. The lowest BCUT2D eigenvalue weighted by Gasteiger charge is -2.21. The maximum atomic E-state index is 9.70. The molecule has 1 aliphatic heterocycles. The van der Waals surface area contributed by atoms with Crippen LogP contribution in [0.2, 0.25) is 5.02 Å². The maximum Gasteiger partial charge on any atom is 0.120 e. The number of halogens is 1. The van der Waals surface area contributed by atoms with Gasteiger partial charge in [-0.1, -0.05) is 11.6 Å². The largest absolute Gasteiger partial charge is 0.508 e. The van der Waals surface area contributed by atoms with Gasteiger partial charge >= 0.3 is 0 Å². The lowest BCUT2D eigenvalue weighted by atomic mass is 10.2. The zero-order chi connectivity index (χ0) is 9.97. The summed E-state index contributed by atoms with van der Waals surface area (Å²) in [5.74, 6) is 2.70. The molecule has 0 spiro atoms. The monoisotopic (exact) mass is 246 g/mol. The van der Waals surface area contributed by atoms with E-state index in [2.05, 4.69) is 0 Å². The van der Waals surface area contributed by atoms with Gasteiger partial charge in [0.1, 0.15) is 5.75 Å². The average Bonchev–Trinajstić information content (AvgIpc) is 2.23. The van der Waals surface area contributed by atoms with E-state index in [-0.39, 0.29) is 0 Å². The molecule has 1 aromatic rings. The van der Waals surface area contributed by atoms with Gasteiger partial charge in [0.05, 0.1) is 4.58 Å². The topological polar surface area (TPSA) is 20.2 Å². The molecule has 0 unspecified atom stereocenters. The Bertz CT molecular complexity index is 324. The number of rotatable bonds is 1. The molecular formula is C10H11ClOS2. The van der Waals surface area contributed by atoms with Crippen molar-refractivity contribution in [2.45, 2.75) is 11.0 Å². The van der Waals surface area contributed by atoms with Gasteiger partial charge in [0.25, 0.3) is 0 Å². The lowest BCUT2D eigenvalue weighted by Crippen LogP contribution is -2.00. The van der Waals surface area contributed by atoms with Crippen molar-refractivity contribution in [3.63, 3.8) is 0 Å². The Morgan fingerprint density at radius 1 is 1.29 bits per heavy atom. The summed E-state index contributed by atoms with van der Waals surface area (Å²) in [6.07, 6.45) is 1.26. The highest BCUT2D eigenvalue weighted by Crippen LogP contribution is 2.46. The predicted molar refractivity (Wildman–Crippen MR) is 65.4 cm³/mol. The van der Waals surface area contributed by atoms with E-state index in [1.165, 1.54) is 17.9 Å². The number of aromatic hydroxyl groups is 1. The highest BCUT2D eigenvalue weighted by molar-refractivity contribution is 8.16. The van der Waals surface area contributed by atoms with Crippen molar-refractivity contribution in [3.8, 4) is 5.75 Å². The van der Waals surface area contributed by atoms with Gasteiger partial charge in [-0.15, -0.1) is 23.5 Å². The second-order valence-corrected chi connectivity index (χ2v) is 6.29. The van der Waals surface area contributed by atoms with Crippen LogP contribution >= 0.6 is 35.1 Å². The molecule has 1 saturated heterocycles. The van der Waals surface area contributed by atoms with Crippen molar-refractivity contribution in [3.05, 3.63) is 28.8 Å². The number of thioether (sulfide) groups is 2. The van der Waals surface area contributed by atoms with E-state index < -0.39 is 0 Å². The first-order chi connectivity index (χ1) is 6.77.